The SMILES string of the molecule is Cc1ccc2c(O)cc(CC(=O)O)nc2c1.Cl. The first-order chi connectivity index (χ1) is 7.56. The number of aromatic hydroxyl groups is 1. The van der Waals surface area contributed by atoms with Gasteiger partial charge in [0.15, 0.2) is 0 Å². The van der Waals surface area contributed by atoms with Gasteiger partial charge in [-0.25, -0.2) is 0 Å². The van der Waals surface area contributed by atoms with Crippen molar-refractivity contribution >= 4 is 29.3 Å². The van der Waals surface area contributed by atoms with Crippen molar-refractivity contribution in [3.63, 3.8) is 0 Å². The highest BCUT2D eigenvalue weighted by Crippen LogP contribution is 2.25. The number of aliphatic carboxylic acids is 1. The van der Waals surface area contributed by atoms with Gasteiger partial charge in [0.1, 0.15) is 5.75 Å². The minimum absolute atomic E-state index is 0. The predicted octanol–water partition coefficient (Wildman–Crippen LogP) is 2.30. The fourth-order valence-electron chi connectivity index (χ4n) is 1.62. The number of carboxylic acid groups (broad SMARTS) is 1. The molecule has 2 rings (SSSR count). The van der Waals surface area contributed by atoms with Crippen LogP contribution in [-0.4, -0.2) is 21.2 Å². The van der Waals surface area contributed by atoms with Gasteiger partial charge in [0.2, 0.25) is 0 Å². The number of rotatable bonds is 2. The zero-order valence-electron chi connectivity index (χ0n) is 9.17. The molecule has 0 aliphatic heterocycles. The monoisotopic (exact) mass is 253 g/mol. The van der Waals surface area contributed by atoms with Gasteiger partial charge in [-0.05, 0) is 24.6 Å². The summed E-state index contributed by atoms with van der Waals surface area (Å²) in [6, 6.07) is 6.87. The zero-order valence-corrected chi connectivity index (χ0v) is 9.99. The Balaban J connectivity index is 0.00000144. The Labute approximate surface area is 104 Å². The Bertz CT molecular complexity index is 569. The number of benzene rings is 1. The Kier molecular flexibility index (Phi) is 3.91. The van der Waals surface area contributed by atoms with E-state index >= 15 is 0 Å². The Morgan fingerprint density at radius 2 is 2.06 bits per heavy atom. The van der Waals surface area contributed by atoms with Crippen LogP contribution in [0, 0.1) is 6.92 Å². The van der Waals surface area contributed by atoms with Crippen molar-refractivity contribution in [1.82, 2.24) is 4.98 Å². The number of hydrogen-bond donors (Lipinski definition) is 2. The molecule has 0 fully saturated rings. The van der Waals surface area contributed by atoms with Crippen molar-refractivity contribution < 1.29 is 15.0 Å². The quantitative estimate of drug-likeness (QED) is 0.862. The molecule has 1 heterocycles. The summed E-state index contributed by atoms with van der Waals surface area (Å²) in [5.41, 5.74) is 2.01. The number of carboxylic acids is 1. The number of fused-ring (bicyclic) bond motifs is 1. The lowest BCUT2D eigenvalue weighted by Crippen LogP contribution is -2.02. The van der Waals surface area contributed by atoms with Crippen LogP contribution in [0.4, 0.5) is 0 Å². The van der Waals surface area contributed by atoms with E-state index in [1.165, 1.54) is 6.07 Å². The number of aryl methyl sites for hydroxylation is 1. The number of nitrogens with zero attached hydrogens (tertiary/aromatic N) is 1. The van der Waals surface area contributed by atoms with E-state index in [4.69, 9.17) is 5.11 Å². The second-order valence-corrected chi connectivity index (χ2v) is 3.72. The summed E-state index contributed by atoms with van der Waals surface area (Å²) in [4.78, 5) is 14.8. The third-order valence-electron chi connectivity index (χ3n) is 2.33. The summed E-state index contributed by atoms with van der Waals surface area (Å²) in [6.45, 7) is 1.92. The Hall–Kier alpha value is -1.81. The highest BCUT2D eigenvalue weighted by molar-refractivity contribution is 5.86. The molecule has 4 nitrogen and oxygen atoms in total. The molecule has 2 aromatic rings. The fourth-order valence-corrected chi connectivity index (χ4v) is 1.62. The van der Waals surface area contributed by atoms with Gasteiger partial charge in [-0.2, -0.15) is 0 Å². The van der Waals surface area contributed by atoms with Gasteiger partial charge < -0.3 is 10.2 Å². The minimum Gasteiger partial charge on any atom is -0.507 e. The van der Waals surface area contributed by atoms with Crippen molar-refractivity contribution in [2.75, 3.05) is 0 Å². The first-order valence-corrected chi connectivity index (χ1v) is 4.87. The maximum atomic E-state index is 10.6. The van der Waals surface area contributed by atoms with Crippen molar-refractivity contribution in [2.45, 2.75) is 13.3 Å². The zero-order chi connectivity index (χ0) is 11.7. The van der Waals surface area contributed by atoms with Crippen molar-refractivity contribution in [3.8, 4) is 5.75 Å². The topological polar surface area (TPSA) is 70.4 Å². The van der Waals surface area contributed by atoms with Gasteiger partial charge in [0.25, 0.3) is 0 Å². The summed E-state index contributed by atoms with van der Waals surface area (Å²) >= 11 is 0. The van der Waals surface area contributed by atoms with E-state index in [1.807, 2.05) is 19.1 Å². The van der Waals surface area contributed by atoms with Gasteiger partial charge in [-0.3, -0.25) is 9.78 Å². The van der Waals surface area contributed by atoms with Crippen LogP contribution >= 0.6 is 12.4 Å². The van der Waals surface area contributed by atoms with Gasteiger partial charge in [0.05, 0.1) is 17.6 Å². The van der Waals surface area contributed by atoms with E-state index in [1.54, 1.807) is 6.07 Å². The van der Waals surface area contributed by atoms with Crippen LogP contribution in [0.3, 0.4) is 0 Å². The van der Waals surface area contributed by atoms with Crippen LogP contribution in [0.2, 0.25) is 0 Å². The van der Waals surface area contributed by atoms with E-state index in [0.717, 1.165) is 5.56 Å². The first-order valence-electron chi connectivity index (χ1n) is 4.87. The second kappa shape index (κ2) is 5.01. The first kappa shape index (κ1) is 13.3. The van der Waals surface area contributed by atoms with Gasteiger partial charge in [-0.15, -0.1) is 12.4 Å². The summed E-state index contributed by atoms with van der Waals surface area (Å²) in [6.07, 6.45) is -0.183. The Morgan fingerprint density at radius 1 is 1.35 bits per heavy atom. The molecule has 0 aliphatic carbocycles. The van der Waals surface area contributed by atoms with Crippen LogP contribution in [0.1, 0.15) is 11.3 Å². The normalized spacial score (nSPS) is 9.94. The molecular weight excluding hydrogens is 242 g/mol. The number of aromatic nitrogens is 1. The molecule has 0 radical (unpaired) electrons. The van der Waals surface area contributed by atoms with Crippen LogP contribution in [0.15, 0.2) is 24.3 Å². The standard InChI is InChI=1S/C12H11NO3.ClH/c1-7-2-3-9-10(4-7)13-8(5-11(9)14)6-12(15)16;/h2-5H,6H2,1H3,(H,13,14)(H,15,16);1H. The van der Waals surface area contributed by atoms with Crippen LogP contribution in [-0.2, 0) is 11.2 Å². The molecule has 90 valence electrons. The van der Waals surface area contributed by atoms with E-state index in [0.29, 0.717) is 16.6 Å². The lowest BCUT2D eigenvalue weighted by Gasteiger charge is -2.04. The van der Waals surface area contributed by atoms with Crippen LogP contribution in [0.5, 0.6) is 5.75 Å². The molecule has 0 atom stereocenters. The summed E-state index contributed by atoms with van der Waals surface area (Å²) < 4.78 is 0. The van der Waals surface area contributed by atoms with Gasteiger partial charge >= 0.3 is 5.97 Å². The van der Waals surface area contributed by atoms with Gasteiger partial charge in [0, 0.05) is 11.5 Å². The van der Waals surface area contributed by atoms with Crippen LogP contribution in [0.25, 0.3) is 10.9 Å². The van der Waals surface area contributed by atoms with Crippen molar-refractivity contribution in [3.05, 3.63) is 35.5 Å². The second-order valence-electron chi connectivity index (χ2n) is 3.72. The highest BCUT2D eigenvalue weighted by atomic mass is 35.5. The van der Waals surface area contributed by atoms with E-state index < -0.39 is 5.97 Å². The lowest BCUT2D eigenvalue weighted by molar-refractivity contribution is -0.136. The molecule has 0 spiro atoms. The molecular formula is C12H12ClNO3. The number of pyridine rings is 1. The van der Waals surface area contributed by atoms with Crippen LogP contribution < -0.4 is 0 Å². The largest absolute Gasteiger partial charge is 0.507 e. The molecule has 0 amide bonds. The van der Waals surface area contributed by atoms with E-state index in [9.17, 15) is 9.90 Å². The summed E-state index contributed by atoms with van der Waals surface area (Å²) in [5, 5.41) is 19.0. The maximum absolute atomic E-state index is 10.6. The van der Waals surface area contributed by atoms with E-state index in [-0.39, 0.29) is 24.6 Å². The highest BCUT2D eigenvalue weighted by Gasteiger charge is 2.07. The molecule has 0 bridgehead atoms. The predicted molar refractivity (Wildman–Crippen MR) is 66.7 cm³/mol. The molecule has 1 aromatic heterocycles. The average molecular weight is 254 g/mol. The number of carbonyl (C=O) groups is 1. The smallest absolute Gasteiger partial charge is 0.309 e. The minimum atomic E-state index is -0.959. The third-order valence-corrected chi connectivity index (χ3v) is 2.33. The molecule has 0 saturated heterocycles. The molecule has 1 aromatic carbocycles. The summed E-state index contributed by atoms with van der Waals surface area (Å²) in [7, 11) is 0. The molecule has 0 aliphatic rings. The summed E-state index contributed by atoms with van der Waals surface area (Å²) in [5.74, 6) is -0.889. The molecule has 0 unspecified atom stereocenters. The molecule has 5 heteroatoms. The van der Waals surface area contributed by atoms with E-state index in [2.05, 4.69) is 4.98 Å². The Morgan fingerprint density at radius 3 is 2.71 bits per heavy atom. The molecule has 2 N–H and O–H groups in total. The third kappa shape index (κ3) is 2.85. The van der Waals surface area contributed by atoms with Gasteiger partial charge in [-0.1, -0.05) is 6.07 Å². The van der Waals surface area contributed by atoms with Crippen molar-refractivity contribution in [2.24, 2.45) is 0 Å². The number of hydrogen-bond acceptors (Lipinski definition) is 3. The molecule has 0 saturated carbocycles. The fraction of sp³-hybridized carbons (Fsp3) is 0.167. The lowest BCUT2D eigenvalue weighted by atomic mass is 10.1. The maximum Gasteiger partial charge on any atom is 0.309 e. The number of halogens is 1. The molecule has 17 heavy (non-hydrogen) atoms. The van der Waals surface area contributed by atoms with Crippen molar-refractivity contribution in [1.29, 1.82) is 0 Å². The average Bonchev–Trinajstić information content (AvgIpc) is 2.15.